The smallest absolute Gasteiger partial charge is 0.337 e. The molecule has 19 heavy (non-hydrogen) atoms. The lowest BCUT2D eigenvalue weighted by atomic mass is 10.3. The van der Waals surface area contributed by atoms with Gasteiger partial charge in [-0.15, -0.1) is 0 Å². The second-order valence-electron chi connectivity index (χ2n) is 3.52. The number of aromatic nitrogens is 1. The van der Waals surface area contributed by atoms with Gasteiger partial charge >= 0.3 is 12.0 Å². The van der Waals surface area contributed by atoms with E-state index >= 15 is 0 Å². The third-order valence-corrected chi connectivity index (χ3v) is 2.69. The Bertz CT molecular complexity index is 586. The Kier molecular flexibility index (Phi) is 4.78. The monoisotopic (exact) mass is 288 g/mol. The molecule has 10 heteroatoms. The number of nitrogens with two attached hydrogens (primary N) is 1. The zero-order valence-electron chi connectivity index (χ0n) is 9.66. The van der Waals surface area contributed by atoms with Crippen LogP contribution in [0.3, 0.4) is 0 Å². The zero-order valence-corrected chi connectivity index (χ0v) is 10.5. The number of urea groups is 1. The maximum absolute atomic E-state index is 11.3. The minimum atomic E-state index is -3.64. The Morgan fingerprint density at radius 2 is 2.05 bits per heavy atom. The van der Waals surface area contributed by atoms with E-state index < -0.39 is 27.8 Å². The first-order valence-corrected chi connectivity index (χ1v) is 6.73. The van der Waals surface area contributed by atoms with Crippen LogP contribution >= 0.6 is 0 Å². The van der Waals surface area contributed by atoms with Gasteiger partial charge in [-0.05, 0) is 6.07 Å². The van der Waals surface area contributed by atoms with Crippen molar-refractivity contribution in [2.24, 2.45) is 5.14 Å². The molecule has 1 aromatic heterocycles. The zero-order chi connectivity index (χ0) is 14.5. The van der Waals surface area contributed by atoms with E-state index in [1.807, 2.05) is 0 Å². The van der Waals surface area contributed by atoms with E-state index in [0.29, 0.717) is 0 Å². The van der Waals surface area contributed by atoms with Gasteiger partial charge in [0.25, 0.3) is 0 Å². The highest BCUT2D eigenvalue weighted by Crippen LogP contribution is 2.07. The lowest BCUT2D eigenvalue weighted by Crippen LogP contribution is -2.34. The molecule has 0 aliphatic heterocycles. The standard InChI is InChI=1S/C9H12N4O5S/c10-19(17,18)2-1-12-9(16)13-7-3-6(8(14)15)4-11-5-7/h3-5H,1-2H2,(H,14,15)(H2,10,17,18)(H2,12,13,16). The summed E-state index contributed by atoms with van der Waals surface area (Å²) in [4.78, 5) is 25.7. The molecule has 0 bridgehead atoms. The molecule has 0 radical (unpaired) electrons. The van der Waals surface area contributed by atoms with Crippen molar-refractivity contribution in [1.82, 2.24) is 10.3 Å². The van der Waals surface area contributed by atoms with Crippen molar-refractivity contribution in [1.29, 1.82) is 0 Å². The molecule has 1 rings (SSSR count). The second-order valence-corrected chi connectivity index (χ2v) is 5.25. The number of primary sulfonamides is 1. The van der Waals surface area contributed by atoms with Crippen LogP contribution in [-0.2, 0) is 10.0 Å². The third-order valence-electron chi connectivity index (χ3n) is 1.92. The van der Waals surface area contributed by atoms with Crippen molar-refractivity contribution in [2.45, 2.75) is 0 Å². The molecule has 0 unspecified atom stereocenters. The molecule has 0 spiro atoms. The Morgan fingerprint density at radius 3 is 2.63 bits per heavy atom. The van der Waals surface area contributed by atoms with E-state index in [0.717, 1.165) is 6.20 Å². The van der Waals surface area contributed by atoms with E-state index in [1.165, 1.54) is 12.3 Å². The number of carbonyl (C=O) groups excluding carboxylic acids is 1. The van der Waals surface area contributed by atoms with Crippen LogP contribution in [0.15, 0.2) is 18.5 Å². The molecule has 0 saturated heterocycles. The molecule has 0 fully saturated rings. The van der Waals surface area contributed by atoms with Crippen molar-refractivity contribution in [3.63, 3.8) is 0 Å². The molecule has 9 nitrogen and oxygen atoms in total. The molecule has 0 saturated carbocycles. The SMILES string of the molecule is NS(=O)(=O)CCNC(=O)Nc1cncc(C(=O)O)c1. The average molecular weight is 288 g/mol. The van der Waals surface area contributed by atoms with Crippen molar-refractivity contribution >= 4 is 27.7 Å². The molecule has 104 valence electrons. The molecule has 2 amide bonds. The van der Waals surface area contributed by atoms with Gasteiger partial charge in [-0.25, -0.2) is 23.1 Å². The maximum Gasteiger partial charge on any atom is 0.337 e. The van der Waals surface area contributed by atoms with Crippen LogP contribution in [-0.4, -0.2) is 42.8 Å². The number of carboxylic acid groups (broad SMARTS) is 1. The Labute approximate surface area is 108 Å². The van der Waals surface area contributed by atoms with Crippen molar-refractivity contribution < 1.29 is 23.1 Å². The quantitative estimate of drug-likeness (QED) is 0.556. The number of rotatable bonds is 5. The summed E-state index contributed by atoms with van der Waals surface area (Å²) in [5, 5.41) is 18.0. The van der Waals surface area contributed by atoms with Gasteiger partial charge < -0.3 is 15.7 Å². The van der Waals surface area contributed by atoms with Gasteiger partial charge in [0.15, 0.2) is 0 Å². The van der Waals surface area contributed by atoms with Gasteiger partial charge in [-0.2, -0.15) is 0 Å². The Hall–Kier alpha value is -2.20. The van der Waals surface area contributed by atoms with Gasteiger partial charge in [0.1, 0.15) is 0 Å². The number of sulfonamides is 1. The number of carbonyl (C=O) groups is 2. The number of amides is 2. The molecule has 0 aromatic carbocycles. The first-order valence-electron chi connectivity index (χ1n) is 5.01. The fourth-order valence-corrected chi connectivity index (χ4v) is 1.49. The summed E-state index contributed by atoms with van der Waals surface area (Å²) in [5.41, 5.74) is 0.0929. The Morgan fingerprint density at radius 1 is 1.37 bits per heavy atom. The molecule has 5 N–H and O–H groups in total. The Balaban J connectivity index is 2.53. The summed E-state index contributed by atoms with van der Waals surface area (Å²) in [5.74, 6) is -1.57. The minimum absolute atomic E-state index is 0.0812. The van der Waals surface area contributed by atoms with E-state index in [2.05, 4.69) is 15.6 Å². The van der Waals surface area contributed by atoms with Crippen molar-refractivity contribution in [3.05, 3.63) is 24.0 Å². The summed E-state index contributed by atoms with van der Waals surface area (Å²) in [6.07, 6.45) is 2.39. The van der Waals surface area contributed by atoms with Gasteiger partial charge in [0.05, 0.1) is 23.2 Å². The number of anilines is 1. The van der Waals surface area contributed by atoms with Gasteiger partial charge in [0, 0.05) is 12.7 Å². The topological polar surface area (TPSA) is 151 Å². The molecule has 0 atom stereocenters. The first kappa shape index (κ1) is 14.9. The summed E-state index contributed by atoms with van der Waals surface area (Å²) in [7, 11) is -3.64. The summed E-state index contributed by atoms with van der Waals surface area (Å²) < 4.78 is 21.2. The normalized spacial score (nSPS) is 10.8. The fourth-order valence-electron chi connectivity index (χ4n) is 1.11. The predicted octanol–water partition coefficient (Wildman–Crippen LogP) is -0.810. The van der Waals surface area contributed by atoms with Crippen LogP contribution in [0.5, 0.6) is 0 Å². The molecule has 0 aliphatic rings. The van der Waals surface area contributed by atoms with Gasteiger partial charge in [-0.1, -0.05) is 0 Å². The summed E-state index contributed by atoms with van der Waals surface area (Å²) >= 11 is 0. The average Bonchev–Trinajstić information content (AvgIpc) is 2.27. The summed E-state index contributed by atoms with van der Waals surface area (Å²) in [6, 6.07) is 0.530. The van der Waals surface area contributed by atoms with Crippen molar-refractivity contribution in [2.75, 3.05) is 17.6 Å². The van der Waals surface area contributed by atoms with E-state index in [4.69, 9.17) is 10.2 Å². The van der Waals surface area contributed by atoms with Crippen LogP contribution in [0.4, 0.5) is 10.5 Å². The van der Waals surface area contributed by atoms with Crippen LogP contribution in [0.2, 0.25) is 0 Å². The highest BCUT2D eigenvalue weighted by molar-refractivity contribution is 7.89. The van der Waals surface area contributed by atoms with Crippen LogP contribution < -0.4 is 15.8 Å². The predicted molar refractivity (Wildman–Crippen MR) is 66.2 cm³/mol. The number of pyridine rings is 1. The number of nitrogens with zero attached hydrogens (tertiary/aromatic N) is 1. The highest BCUT2D eigenvalue weighted by Gasteiger charge is 2.08. The van der Waals surface area contributed by atoms with Gasteiger partial charge in [-0.3, -0.25) is 4.98 Å². The lowest BCUT2D eigenvalue weighted by Gasteiger charge is -2.07. The molecule has 0 aliphatic carbocycles. The maximum atomic E-state index is 11.3. The molecular weight excluding hydrogens is 276 g/mol. The van der Waals surface area contributed by atoms with E-state index in [1.54, 1.807) is 0 Å². The third kappa shape index (κ3) is 5.79. The molecule has 1 aromatic rings. The molecular formula is C9H12N4O5S. The lowest BCUT2D eigenvalue weighted by molar-refractivity contribution is 0.0696. The fraction of sp³-hybridized carbons (Fsp3) is 0.222. The highest BCUT2D eigenvalue weighted by atomic mass is 32.2. The van der Waals surface area contributed by atoms with E-state index in [9.17, 15) is 18.0 Å². The van der Waals surface area contributed by atoms with Crippen molar-refractivity contribution in [3.8, 4) is 0 Å². The van der Waals surface area contributed by atoms with Crippen LogP contribution in [0.25, 0.3) is 0 Å². The number of nitrogens with one attached hydrogen (secondary N) is 2. The molecule has 1 heterocycles. The van der Waals surface area contributed by atoms with Gasteiger partial charge in [0.2, 0.25) is 10.0 Å². The minimum Gasteiger partial charge on any atom is -0.478 e. The number of aromatic carboxylic acids is 1. The number of hydrogen-bond donors (Lipinski definition) is 4. The number of hydrogen-bond acceptors (Lipinski definition) is 5. The van der Waals surface area contributed by atoms with Crippen LogP contribution in [0, 0.1) is 0 Å². The van der Waals surface area contributed by atoms with Crippen LogP contribution in [0.1, 0.15) is 10.4 Å². The largest absolute Gasteiger partial charge is 0.478 e. The second kappa shape index (κ2) is 6.11. The number of carboxylic acids is 1. The summed E-state index contributed by atoms with van der Waals surface area (Å²) in [6.45, 7) is -0.156. The van der Waals surface area contributed by atoms with E-state index in [-0.39, 0.29) is 17.8 Å². The first-order chi connectivity index (χ1) is 8.78.